The van der Waals surface area contributed by atoms with E-state index in [4.69, 9.17) is 5.11 Å². The van der Waals surface area contributed by atoms with Crippen molar-refractivity contribution in [2.45, 2.75) is 32.2 Å². The average molecular weight is 243 g/mol. The van der Waals surface area contributed by atoms with Crippen molar-refractivity contribution in [3.8, 4) is 11.8 Å². The molecule has 0 aliphatic carbocycles. The zero-order valence-electron chi connectivity index (χ0n) is 10.9. The maximum Gasteiger partial charge on any atom is 0.0540 e. The van der Waals surface area contributed by atoms with Crippen molar-refractivity contribution in [1.82, 2.24) is 4.90 Å². The Labute approximate surface area is 110 Å². The molecule has 1 fully saturated rings. The van der Waals surface area contributed by atoms with E-state index in [0.717, 1.165) is 12.1 Å². The smallest absolute Gasteiger partial charge is 0.0540 e. The lowest BCUT2D eigenvalue weighted by Crippen LogP contribution is -2.29. The van der Waals surface area contributed by atoms with Gasteiger partial charge in [0.2, 0.25) is 0 Å². The van der Waals surface area contributed by atoms with E-state index in [9.17, 15) is 0 Å². The van der Waals surface area contributed by atoms with Crippen LogP contribution in [0, 0.1) is 11.8 Å². The van der Waals surface area contributed by atoms with Gasteiger partial charge < -0.3 is 5.11 Å². The summed E-state index contributed by atoms with van der Waals surface area (Å²) in [7, 11) is 0. The highest BCUT2D eigenvalue weighted by molar-refractivity contribution is 5.41. The lowest BCUT2D eigenvalue weighted by Gasteiger charge is -2.26. The predicted molar refractivity (Wildman–Crippen MR) is 74.2 cm³/mol. The zero-order chi connectivity index (χ0) is 12.6. The second-order valence-corrected chi connectivity index (χ2v) is 4.77. The summed E-state index contributed by atoms with van der Waals surface area (Å²) in [6.45, 7) is 3.56. The van der Waals surface area contributed by atoms with Crippen LogP contribution in [0.25, 0.3) is 0 Å². The first kappa shape index (κ1) is 13.1. The van der Waals surface area contributed by atoms with Crippen LogP contribution in [0.2, 0.25) is 0 Å². The van der Waals surface area contributed by atoms with Crippen molar-refractivity contribution in [2.75, 3.05) is 19.7 Å². The minimum absolute atomic E-state index is 0.140. The first-order valence-electron chi connectivity index (χ1n) is 6.80. The quantitative estimate of drug-likeness (QED) is 0.824. The lowest BCUT2D eigenvalue weighted by molar-refractivity contribution is 0.221. The van der Waals surface area contributed by atoms with Gasteiger partial charge in [-0.15, -0.1) is 0 Å². The highest BCUT2D eigenvalue weighted by Crippen LogP contribution is 2.15. The molecule has 0 amide bonds. The molecule has 0 radical (unpaired) electrons. The van der Waals surface area contributed by atoms with Crippen LogP contribution in [-0.4, -0.2) is 29.7 Å². The largest absolute Gasteiger partial charge is 0.395 e. The molecule has 0 spiro atoms. The van der Waals surface area contributed by atoms with Crippen LogP contribution in [-0.2, 0) is 6.54 Å². The molecular weight excluding hydrogens is 222 g/mol. The van der Waals surface area contributed by atoms with E-state index < -0.39 is 0 Å². The Balaban J connectivity index is 2.05. The van der Waals surface area contributed by atoms with Gasteiger partial charge >= 0.3 is 0 Å². The molecular formula is C16H21NO. The molecule has 1 N–H and O–H groups in total. The fourth-order valence-corrected chi connectivity index (χ4v) is 2.35. The van der Waals surface area contributed by atoms with Gasteiger partial charge in [0.25, 0.3) is 0 Å². The van der Waals surface area contributed by atoms with E-state index in [2.05, 4.69) is 34.9 Å². The molecule has 1 heterocycles. The van der Waals surface area contributed by atoms with Crippen molar-refractivity contribution in [3.05, 3.63) is 35.4 Å². The molecule has 1 aliphatic heterocycles. The molecule has 18 heavy (non-hydrogen) atoms. The molecule has 96 valence electrons. The van der Waals surface area contributed by atoms with Crippen molar-refractivity contribution >= 4 is 0 Å². The van der Waals surface area contributed by atoms with Crippen molar-refractivity contribution in [2.24, 2.45) is 0 Å². The van der Waals surface area contributed by atoms with Crippen molar-refractivity contribution < 1.29 is 5.11 Å². The molecule has 0 atom stereocenters. The summed E-state index contributed by atoms with van der Waals surface area (Å²) >= 11 is 0. The number of hydrogen-bond acceptors (Lipinski definition) is 2. The number of nitrogens with zero attached hydrogens (tertiary/aromatic N) is 1. The summed E-state index contributed by atoms with van der Waals surface area (Å²) in [6, 6.07) is 8.35. The van der Waals surface area contributed by atoms with Crippen LogP contribution in [0.15, 0.2) is 24.3 Å². The van der Waals surface area contributed by atoms with Gasteiger partial charge in [0.1, 0.15) is 0 Å². The number of benzene rings is 1. The van der Waals surface area contributed by atoms with Crippen molar-refractivity contribution in [1.29, 1.82) is 0 Å². The van der Waals surface area contributed by atoms with Gasteiger partial charge in [-0.25, -0.2) is 0 Å². The number of aliphatic hydroxyl groups is 1. The monoisotopic (exact) mass is 243 g/mol. The molecule has 1 aromatic carbocycles. The van der Waals surface area contributed by atoms with Crippen LogP contribution < -0.4 is 0 Å². The Kier molecular flexibility index (Phi) is 5.26. The Bertz CT molecular complexity index is 424. The Morgan fingerprint density at radius 1 is 1.11 bits per heavy atom. The molecule has 1 aliphatic rings. The van der Waals surface area contributed by atoms with E-state index in [1.807, 2.05) is 6.07 Å². The first-order valence-corrected chi connectivity index (χ1v) is 6.80. The van der Waals surface area contributed by atoms with E-state index in [0.29, 0.717) is 6.42 Å². The molecule has 0 unspecified atom stereocenters. The summed E-state index contributed by atoms with van der Waals surface area (Å²) in [4.78, 5) is 2.51. The molecule has 2 heteroatoms. The third-order valence-electron chi connectivity index (χ3n) is 3.32. The number of piperidine rings is 1. The highest BCUT2D eigenvalue weighted by Gasteiger charge is 2.11. The molecule has 1 saturated heterocycles. The Morgan fingerprint density at radius 3 is 2.67 bits per heavy atom. The number of hydrogen-bond donors (Lipinski definition) is 1. The number of rotatable bonds is 3. The van der Waals surface area contributed by atoms with E-state index >= 15 is 0 Å². The lowest BCUT2D eigenvalue weighted by atomic mass is 10.1. The summed E-state index contributed by atoms with van der Waals surface area (Å²) < 4.78 is 0. The van der Waals surface area contributed by atoms with Gasteiger partial charge in [0.15, 0.2) is 0 Å². The van der Waals surface area contributed by atoms with E-state index in [1.54, 1.807) is 0 Å². The fourth-order valence-electron chi connectivity index (χ4n) is 2.35. The number of aliphatic hydroxyl groups excluding tert-OH is 1. The standard InChI is InChI=1S/C16H21NO/c18-13-7-4-9-15-8-2-3-10-16(15)14-17-11-5-1-6-12-17/h2-3,8,10,18H,1,5-7,11-14H2. The molecule has 0 aromatic heterocycles. The van der Waals surface area contributed by atoms with Crippen LogP contribution >= 0.6 is 0 Å². The zero-order valence-corrected chi connectivity index (χ0v) is 10.9. The third-order valence-corrected chi connectivity index (χ3v) is 3.32. The van der Waals surface area contributed by atoms with Crippen molar-refractivity contribution in [3.63, 3.8) is 0 Å². The molecule has 0 bridgehead atoms. The first-order chi connectivity index (χ1) is 8.90. The summed E-state index contributed by atoms with van der Waals surface area (Å²) in [5.74, 6) is 6.18. The molecule has 2 rings (SSSR count). The van der Waals surface area contributed by atoms with Gasteiger partial charge in [0, 0.05) is 18.5 Å². The highest BCUT2D eigenvalue weighted by atomic mass is 16.2. The predicted octanol–water partition coefficient (Wildman–Crippen LogP) is 2.41. The summed E-state index contributed by atoms with van der Waals surface area (Å²) in [5.41, 5.74) is 2.42. The average Bonchev–Trinajstić information content (AvgIpc) is 2.42. The molecule has 1 aromatic rings. The van der Waals surface area contributed by atoms with Gasteiger partial charge in [-0.2, -0.15) is 0 Å². The fraction of sp³-hybridized carbons (Fsp3) is 0.500. The molecule has 0 saturated carbocycles. The van der Waals surface area contributed by atoms with Crippen LogP contribution in [0.1, 0.15) is 36.8 Å². The van der Waals surface area contributed by atoms with Crippen LogP contribution in [0.3, 0.4) is 0 Å². The van der Waals surface area contributed by atoms with Crippen LogP contribution in [0.4, 0.5) is 0 Å². The van der Waals surface area contributed by atoms with Gasteiger partial charge in [-0.3, -0.25) is 4.90 Å². The Hall–Kier alpha value is -1.30. The van der Waals surface area contributed by atoms with Crippen LogP contribution in [0.5, 0.6) is 0 Å². The Morgan fingerprint density at radius 2 is 1.89 bits per heavy atom. The van der Waals surface area contributed by atoms with Gasteiger partial charge in [-0.05, 0) is 37.6 Å². The van der Waals surface area contributed by atoms with Gasteiger partial charge in [0.05, 0.1) is 6.61 Å². The molecule has 2 nitrogen and oxygen atoms in total. The normalized spacial score (nSPS) is 16.1. The minimum Gasteiger partial charge on any atom is -0.395 e. The summed E-state index contributed by atoms with van der Waals surface area (Å²) in [5, 5.41) is 8.76. The second-order valence-electron chi connectivity index (χ2n) is 4.77. The third kappa shape index (κ3) is 3.87. The van der Waals surface area contributed by atoms with Gasteiger partial charge in [-0.1, -0.05) is 36.5 Å². The summed E-state index contributed by atoms with van der Waals surface area (Å²) in [6.07, 6.45) is 4.56. The topological polar surface area (TPSA) is 23.5 Å². The van der Waals surface area contributed by atoms with E-state index in [1.165, 1.54) is 37.9 Å². The maximum absolute atomic E-state index is 8.76. The minimum atomic E-state index is 0.140. The second kappa shape index (κ2) is 7.20. The number of likely N-dealkylation sites (tertiary alicyclic amines) is 1. The maximum atomic E-state index is 8.76. The SMILES string of the molecule is OCCC#Cc1ccccc1CN1CCCCC1. The van der Waals surface area contributed by atoms with E-state index in [-0.39, 0.29) is 6.61 Å².